The second-order valence-corrected chi connectivity index (χ2v) is 7.89. The Morgan fingerprint density at radius 1 is 1.21 bits per heavy atom. The van der Waals surface area contributed by atoms with Gasteiger partial charge in [-0.2, -0.15) is 0 Å². The lowest BCUT2D eigenvalue weighted by atomic mass is 10.2. The van der Waals surface area contributed by atoms with Gasteiger partial charge in [0.05, 0.1) is 17.3 Å². The van der Waals surface area contributed by atoms with Gasteiger partial charge in [0.1, 0.15) is 5.75 Å². The summed E-state index contributed by atoms with van der Waals surface area (Å²) in [4.78, 5) is 21.4. The fourth-order valence-corrected chi connectivity index (χ4v) is 3.77. The molecule has 0 bridgehead atoms. The number of carbonyl (C=O) groups is 1. The van der Waals surface area contributed by atoms with Gasteiger partial charge in [-0.15, -0.1) is 0 Å². The van der Waals surface area contributed by atoms with E-state index in [9.17, 15) is 4.79 Å². The van der Waals surface area contributed by atoms with Crippen molar-refractivity contribution in [3.8, 4) is 5.75 Å². The van der Waals surface area contributed by atoms with Crippen LogP contribution in [0.5, 0.6) is 5.75 Å². The van der Waals surface area contributed by atoms with E-state index in [1.807, 2.05) is 55.4 Å². The highest BCUT2D eigenvalue weighted by atomic mass is 35.5. The standard InChI is InChI=1S/C21H22ClN3O2S/c1-24(2)12-13-25(20(26)11-8-15-6-4-5-7-17(15)22)21-23-18-14-16(27-3)9-10-19(18)28-21/h4-11,14H,12-13H2,1-3H3. The summed E-state index contributed by atoms with van der Waals surface area (Å²) in [6.45, 7) is 1.26. The molecule has 0 fully saturated rings. The number of ether oxygens (including phenoxy) is 1. The average Bonchev–Trinajstić information content (AvgIpc) is 3.09. The molecule has 1 aromatic heterocycles. The lowest BCUT2D eigenvalue weighted by Crippen LogP contribution is -2.35. The number of hydrogen-bond donors (Lipinski definition) is 0. The first kappa shape index (κ1) is 20.3. The summed E-state index contributed by atoms with van der Waals surface area (Å²) in [5.41, 5.74) is 1.62. The topological polar surface area (TPSA) is 45.7 Å². The van der Waals surface area contributed by atoms with E-state index in [0.717, 1.165) is 28.1 Å². The van der Waals surface area contributed by atoms with E-state index in [-0.39, 0.29) is 5.91 Å². The number of amides is 1. The summed E-state index contributed by atoms with van der Waals surface area (Å²) in [5, 5.41) is 1.28. The van der Waals surface area contributed by atoms with Crippen LogP contribution in [0, 0.1) is 0 Å². The Morgan fingerprint density at radius 3 is 2.71 bits per heavy atom. The molecule has 0 N–H and O–H groups in total. The monoisotopic (exact) mass is 415 g/mol. The average molecular weight is 416 g/mol. The molecule has 0 saturated carbocycles. The summed E-state index contributed by atoms with van der Waals surface area (Å²) in [6, 6.07) is 13.2. The first-order chi connectivity index (χ1) is 13.5. The number of thiazole rings is 1. The summed E-state index contributed by atoms with van der Waals surface area (Å²) >= 11 is 7.67. The number of halogens is 1. The molecule has 7 heteroatoms. The molecule has 0 radical (unpaired) electrons. The third kappa shape index (κ3) is 4.90. The molecule has 28 heavy (non-hydrogen) atoms. The zero-order valence-electron chi connectivity index (χ0n) is 16.1. The minimum atomic E-state index is -0.132. The van der Waals surface area contributed by atoms with Crippen LogP contribution in [0.25, 0.3) is 16.3 Å². The van der Waals surface area contributed by atoms with E-state index >= 15 is 0 Å². The van der Waals surface area contributed by atoms with Crippen molar-refractivity contribution in [1.82, 2.24) is 9.88 Å². The third-order valence-electron chi connectivity index (χ3n) is 4.16. The second kappa shape index (κ2) is 9.19. The number of fused-ring (bicyclic) bond motifs is 1. The first-order valence-corrected chi connectivity index (χ1v) is 10.0. The van der Waals surface area contributed by atoms with Gasteiger partial charge in [-0.05, 0) is 43.9 Å². The molecule has 0 aliphatic rings. The number of methoxy groups -OCH3 is 1. The van der Waals surface area contributed by atoms with Gasteiger partial charge in [-0.25, -0.2) is 4.98 Å². The normalized spacial score (nSPS) is 11.5. The maximum Gasteiger partial charge on any atom is 0.252 e. The SMILES string of the molecule is COc1ccc2sc(N(CCN(C)C)C(=O)C=Cc3ccccc3Cl)nc2c1. The van der Waals surface area contributed by atoms with Crippen LogP contribution < -0.4 is 9.64 Å². The van der Waals surface area contributed by atoms with Crippen LogP contribution in [0.2, 0.25) is 5.02 Å². The molecule has 3 aromatic rings. The molecule has 0 aliphatic carbocycles. The van der Waals surface area contributed by atoms with Gasteiger partial charge in [0.25, 0.3) is 5.91 Å². The fourth-order valence-electron chi connectivity index (χ4n) is 2.60. The Bertz CT molecular complexity index is 1000. The van der Waals surface area contributed by atoms with Crippen LogP contribution in [0.15, 0.2) is 48.5 Å². The van der Waals surface area contributed by atoms with Gasteiger partial charge in [-0.3, -0.25) is 9.69 Å². The van der Waals surface area contributed by atoms with Crippen LogP contribution in [0.1, 0.15) is 5.56 Å². The molecule has 0 spiro atoms. The molecule has 146 valence electrons. The number of carbonyl (C=O) groups excluding carboxylic acids is 1. The summed E-state index contributed by atoms with van der Waals surface area (Å²) in [5.74, 6) is 0.613. The summed E-state index contributed by atoms with van der Waals surface area (Å²) in [7, 11) is 5.58. The van der Waals surface area contributed by atoms with E-state index in [4.69, 9.17) is 16.3 Å². The van der Waals surface area contributed by atoms with Gasteiger partial charge < -0.3 is 9.64 Å². The molecule has 0 saturated heterocycles. The first-order valence-electron chi connectivity index (χ1n) is 8.81. The van der Waals surface area contributed by atoms with Gasteiger partial charge in [-0.1, -0.05) is 41.1 Å². The third-order valence-corrected chi connectivity index (χ3v) is 5.57. The van der Waals surface area contributed by atoms with Crippen LogP contribution >= 0.6 is 22.9 Å². The van der Waals surface area contributed by atoms with Gasteiger partial charge in [0.15, 0.2) is 5.13 Å². The quantitative estimate of drug-likeness (QED) is 0.530. The molecular formula is C21H22ClN3O2S. The smallest absolute Gasteiger partial charge is 0.252 e. The van der Waals surface area contributed by atoms with Crippen LogP contribution in [-0.2, 0) is 4.79 Å². The molecular weight excluding hydrogens is 394 g/mol. The number of benzene rings is 2. The van der Waals surface area contributed by atoms with Gasteiger partial charge >= 0.3 is 0 Å². The van der Waals surface area contributed by atoms with E-state index in [2.05, 4.69) is 4.98 Å². The number of hydrogen-bond acceptors (Lipinski definition) is 5. The number of anilines is 1. The van der Waals surface area contributed by atoms with Crippen molar-refractivity contribution < 1.29 is 9.53 Å². The molecule has 2 aromatic carbocycles. The van der Waals surface area contributed by atoms with Crippen molar-refractivity contribution in [2.45, 2.75) is 0 Å². The predicted molar refractivity (Wildman–Crippen MR) is 118 cm³/mol. The maximum atomic E-state index is 13.0. The Balaban J connectivity index is 1.90. The van der Waals surface area contributed by atoms with Crippen molar-refractivity contribution >= 4 is 50.3 Å². The van der Waals surface area contributed by atoms with Crippen LogP contribution in [-0.4, -0.2) is 50.1 Å². The van der Waals surface area contributed by atoms with Crippen molar-refractivity contribution in [3.63, 3.8) is 0 Å². The summed E-state index contributed by atoms with van der Waals surface area (Å²) in [6.07, 6.45) is 3.28. The number of nitrogens with zero attached hydrogens (tertiary/aromatic N) is 3. The van der Waals surface area contributed by atoms with Crippen molar-refractivity contribution in [2.75, 3.05) is 39.2 Å². The second-order valence-electron chi connectivity index (χ2n) is 6.48. The lowest BCUT2D eigenvalue weighted by molar-refractivity contribution is -0.114. The van der Waals surface area contributed by atoms with Crippen molar-refractivity contribution in [2.24, 2.45) is 0 Å². The zero-order chi connectivity index (χ0) is 20.1. The molecule has 5 nitrogen and oxygen atoms in total. The fraction of sp³-hybridized carbons (Fsp3) is 0.238. The van der Waals surface area contributed by atoms with E-state index in [0.29, 0.717) is 16.7 Å². The largest absolute Gasteiger partial charge is 0.497 e. The van der Waals surface area contributed by atoms with E-state index in [1.54, 1.807) is 30.2 Å². The highest BCUT2D eigenvalue weighted by Crippen LogP contribution is 2.31. The number of rotatable bonds is 7. The number of likely N-dealkylation sites (N-methyl/N-ethyl adjacent to an activating group) is 1. The molecule has 3 rings (SSSR count). The highest BCUT2D eigenvalue weighted by molar-refractivity contribution is 7.22. The highest BCUT2D eigenvalue weighted by Gasteiger charge is 2.18. The molecule has 0 aliphatic heterocycles. The zero-order valence-corrected chi connectivity index (χ0v) is 17.6. The number of aromatic nitrogens is 1. The summed E-state index contributed by atoms with van der Waals surface area (Å²) < 4.78 is 6.28. The van der Waals surface area contributed by atoms with Crippen molar-refractivity contribution in [3.05, 3.63) is 59.1 Å². The minimum Gasteiger partial charge on any atom is -0.497 e. The maximum absolute atomic E-state index is 13.0. The predicted octanol–water partition coefficient (Wildman–Crippen LogP) is 4.57. The molecule has 0 unspecified atom stereocenters. The van der Waals surface area contributed by atoms with Crippen molar-refractivity contribution in [1.29, 1.82) is 0 Å². The van der Waals surface area contributed by atoms with Crippen LogP contribution in [0.4, 0.5) is 5.13 Å². The minimum absolute atomic E-state index is 0.132. The molecule has 1 amide bonds. The Morgan fingerprint density at radius 2 is 2.00 bits per heavy atom. The Labute approximate surface area is 173 Å². The van der Waals surface area contributed by atoms with E-state index in [1.165, 1.54) is 11.3 Å². The Hall–Kier alpha value is -2.41. The van der Waals surface area contributed by atoms with Gasteiger partial charge in [0, 0.05) is 30.3 Å². The Kier molecular flexibility index (Phi) is 6.67. The van der Waals surface area contributed by atoms with E-state index < -0.39 is 0 Å². The molecule has 1 heterocycles. The van der Waals surface area contributed by atoms with Gasteiger partial charge in [0.2, 0.25) is 0 Å². The molecule has 0 atom stereocenters. The lowest BCUT2D eigenvalue weighted by Gasteiger charge is -2.20. The van der Waals surface area contributed by atoms with Crippen LogP contribution in [0.3, 0.4) is 0 Å².